The molecule has 0 spiro atoms. The van der Waals surface area contributed by atoms with Crippen molar-refractivity contribution in [2.24, 2.45) is 0 Å². The van der Waals surface area contributed by atoms with Crippen LogP contribution in [-0.2, 0) is 0 Å². The fourth-order valence-electron chi connectivity index (χ4n) is 2.57. The number of nitrogens with zero attached hydrogens (tertiary/aromatic N) is 3. The number of carbonyl (C=O) groups is 1. The molecular formula is C19H25N3O3. The maximum Gasteiger partial charge on any atom is 0.356 e. The lowest BCUT2D eigenvalue weighted by Gasteiger charge is -2.24. The van der Waals surface area contributed by atoms with E-state index in [9.17, 15) is 4.79 Å². The Balaban J connectivity index is 2.41. The van der Waals surface area contributed by atoms with E-state index in [2.05, 4.69) is 29.9 Å². The van der Waals surface area contributed by atoms with Gasteiger partial charge in [0.25, 0.3) is 0 Å². The van der Waals surface area contributed by atoms with Crippen LogP contribution in [0.3, 0.4) is 0 Å². The quantitative estimate of drug-likeness (QED) is 0.810. The topological polar surface area (TPSA) is 75.5 Å². The first-order chi connectivity index (χ1) is 11.8. The molecule has 2 rings (SSSR count). The van der Waals surface area contributed by atoms with Gasteiger partial charge in [-0.05, 0) is 38.3 Å². The predicted molar refractivity (Wildman–Crippen MR) is 98.0 cm³/mol. The number of ether oxygens (including phenoxy) is 1. The van der Waals surface area contributed by atoms with E-state index >= 15 is 0 Å². The van der Waals surface area contributed by atoms with Crippen molar-refractivity contribution in [2.45, 2.75) is 46.6 Å². The Morgan fingerprint density at radius 2 is 1.92 bits per heavy atom. The number of carboxylic acid groups (broad SMARTS) is 1. The molecule has 0 saturated heterocycles. The van der Waals surface area contributed by atoms with E-state index in [0.717, 1.165) is 17.0 Å². The van der Waals surface area contributed by atoms with Crippen LogP contribution in [0.1, 0.15) is 56.6 Å². The van der Waals surface area contributed by atoms with Gasteiger partial charge in [0, 0.05) is 18.3 Å². The van der Waals surface area contributed by atoms with Crippen LogP contribution in [0, 0.1) is 0 Å². The first-order valence-corrected chi connectivity index (χ1v) is 8.47. The molecule has 1 aromatic heterocycles. The van der Waals surface area contributed by atoms with Crippen molar-refractivity contribution in [3.63, 3.8) is 0 Å². The summed E-state index contributed by atoms with van der Waals surface area (Å²) in [5.74, 6) is 0.722. The Bertz CT molecular complexity index is 727. The number of rotatable bonds is 7. The summed E-state index contributed by atoms with van der Waals surface area (Å²) < 4.78 is 5.99. The minimum Gasteiger partial charge on any atom is -0.491 e. The Morgan fingerprint density at radius 1 is 1.20 bits per heavy atom. The molecule has 6 nitrogen and oxygen atoms in total. The maximum atomic E-state index is 10.9. The second-order valence-electron chi connectivity index (χ2n) is 6.35. The molecule has 0 atom stereocenters. The number of hydrogen-bond acceptors (Lipinski definition) is 5. The van der Waals surface area contributed by atoms with Crippen LogP contribution in [0.2, 0.25) is 0 Å². The van der Waals surface area contributed by atoms with Gasteiger partial charge in [0.15, 0.2) is 11.5 Å². The molecule has 0 saturated carbocycles. The van der Waals surface area contributed by atoms with Gasteiger partial charge in [-0.3, -0.25) is 0 Å². The van der Waals surface area contributed by atoms with Crippen molar-refractivity contribution in [2.75, 3.05) is 11.4 Å². The monoisotopic (exact) mass is 343 g/mol. The summed E-state index contributed by atoms with van der Waals surface area (Å²) >= 11 is 0. The number of carboxylic acids is 1. The molecule has 25 heavy (non-hydrogen) atoms. The van der Waals surface area contributed by atoms with Crippen LogP contribution in [0.4, 0.5) is 11.5 Å². The van der Waals surface area contributed by atoms with Gasteiger partial charge in [-0.25, -0.2) is 14.8 Å². The third-order valence-electron chi connectivity index (χ3n) is 3.74. The van der Waals surface area contributed by atoms with E-state index in [0.29, 0.717) is 18.3 Å². The normalized spacial score (nSPS) is 11.0. The lowest BCUT2D eigenvalue weighted by atomic mass is 10.0. The van der Waals surface area contributed by atoms with Crippen molar-refractivity contribution in [1.29, 1.82) is 0 Å². The fourth-order valence-corrected chi connectivity index (χ4v) is 2.57. The van der Waals surface area contributed by atoms with Crippen molar-refractivity contribution >= 4 is 17.5 Å². The maximum absolute atomic E-state index is 10.9. The molecule has 0 aliphatic rings. The van der Waals surface area contributed by atoms with Crippen LogP contribution in [0.15, 0.2) is 30.6 Å². The van der Waals surface area contributed by atoms with Gasteiger partial charge < -0.3 is 14.7 Å². The highest BCUT2D eigenvalue weighted by Crippen LogP contribution is 2.33. The van der Waals surface area contributed by atoms with Gasteiger partial charge in [0.1, 0.15) is 5.75 Å². The van der Waals surface area contributed by atoms with E-state index in [1.807, 2.05) is 37.8 Å². The fraction of sp³-hybridized carbons (Fsp3) is 0.421. The standard InChI is InChI=1S/C19H25N3O3/c1-6-22(18-11-20-16(10-21-18)19(23)24)14-7-8-15(12(2)3)17(9-14)25-13(4)5/h7-13H,6H2,1-5H3,(H,23,24). The zero-order valence-electron chi connectivity index (χ0n) is 15.4. The third kappa shape index (κ3) is 4.47. The molecule has 0 aliphatic heterocycles. The average Bonchev–Trinajstić information content (AvgIpc) is 2.55. The number of benzene rings is 1. The molecule has 1 heterocycles. The van der Waals surface area contributed by atoms with Crippen LogP contribution >= 0.6 is 0 Å². The van der Waals surface area contributed by atoms with Gasteiger partial charge in [-0.15, -0.1) is 0 Å². The number of anilines is 2. The lowest BCUT2D eigenvalue weighted by Crippen LogP contribution is -2.19. The number of hydrogen-bond donors (Lipinski definition) is 1. The van der Waals surface area contributed by atoms with E-state index < -0.39 is 5.97 Å². The molecule has 1 N–H and O–H groups in total. The Labute approximate surface area is 148 Å². The van der Waals surface area contributed by atoms with Gasteiger partial charge >= 0.3 is 5.97 Å². The van der Waals surface area contributed by atoms with Crippen molar-refractivity contribution in [3.05, 3.63) is 41.9 Å². The van der Waals surface area contributed by atoms with Crippen LogP contribution in [0.5, 0.6) is 5.75 Å². The summed E-state index contributed by atoms with van der Waals surface area (Å²) in [5.41, 5.74) is 2.01. The van der Waals surface area contributed by atoms with Crippen LogP contribution < -0.4 is 9.64 Å². The molecule has 0 fully saturated rings. The van der Waals surface area contributed by atoms with Crippen molar-refractivity contribution in [3.8, 4) is 5.75 Å². The summed E-state index contributed by atoms with van der Waals surface area (Å²) in [6.07, 6.45) is 2.83. The molecule has 134 valence electrons. The van der Waals surface area contributed by atoms with Gasteiger partial charge in [-0.2, -0.15) is 0 Å². The minimum absolute atomic E-state index is 0.0706. The van der Waals surface area contributed by atoms with E-state index in [4.69, 9.17) is 9.84 Å². The zero-order valence-corrected chi connectivity index (χ0v) is 15.4. The average molecular weight is 343 g/mol. The molecule has 6 heteroatoms. The lowest BCUT2D eigenvalue weighted by molar-refractivity contribution is 0.0690. The molecule has 0 unspecified atom stereocenters. The van der Waals surface area contributed by atoms with E-state index in [1.165, 1.54) is 12.4 Å². The number of aromatic nitrogens is 2. The molecule has 0 bridgehead atoms. The van der Waals surface area contributed by atoms with Crippen LogP contribution in [-0.4, -0.2) is 33.7 Å². The second kappa shape index (κ2) is 7.96. The predicted octanol–water partition coefficient (Wildman–Crippen LogP) is 4.24. The highest BCUT2D eigenvalue weighted by molar-refractivity contribution is 5.85. The smallest absolute Gasteiger partial charge is 0.356 e. The summed E-state index contributed by atoms with van der Waals surface area (Å²) in [5, 5.41) is 8.96. The number of aromatic carboxylic acids is 1. The molecule has 2 aromatic rings. The summed E-state index contributed by atoms with van der Waals surface area (Å²) in [4.78, 5) is 21.1. The third-order valence-corrected chi connectivity index (χ3v) is 3.74. The summed E-state index contributed by atoms with van der Waals surface area (Å²) in [6.45, 7) is 11.0. The van der Waals surface area contributed by atoms with Crippen molar-refractivity contribution < 1.29 is 14.6 Å². The van der Waals surface area contributed by atoms with Gasteiger partial charge in [-0.1, -0.05) is 19.9 Å². The van der Waals surface area contributed by atoms with Gasteiger partial charge in [0.05, 0.1) is 18.5 Å². The molecule has 0 amide bonds. The SMILES string of the molecule is CCN(c1ccc(C(C)C)c(OC(C)C)c1)c1cnc(C(=O)O)cn1. The van der Waals surface area contributed by atoms with E-state index in [-0.39, 0.29) is 11.8 Å². The Morgan fingerprint density at radius 3 is 2.40 bits per heavy atom. The first-order valence-electron chi connectivity index (χ1n) is 8.47. The second-order valence-corrected chi connectivity index (χ2v) is 6.35. The summed E-state index contributed by atoms with van der Waals surface area (Å²) in [7, 11) is 0. The highest BCUT2D eigenvalue weighted by Gasteiger charge is 2.16. The van der Waals surface area contributed by atoms with Crippen molar-refractivity contribution in [1.82, 2.24) is 9.97 Å². The Hall–Kier alpha value is -2.63. The van der Waals surface area contributed by atoms with Crippen LogP contribution in [0.25, 0.3) is 0 Å². The largest absolute Gasteiger partial charge is 0.491 e. The highest BCUT2D eigenvalue weighted by atomic mass is 16.5. The minimum atomic E-state index is -1.09. The zero-order chi connectivity index (χ0) is 18.6. The van der Waals surface area contributed by atoms with E-state index in [1.54, 1.807) is 0 Å². The molecule has 1 aromatic carbocycles. The molecule has 0 aliphatic carbocycles. The first kappa shape index (κ1) is 18.7. The molecular weight excluding hydrogens is 318 g/mol. The molecule has 0 radical (unpaired) electrons. The summed E-state index contributed by atoms with van der Waals surface area (Å²) in [6, 6.07) is 6.10. The van der Waals surface area contributed by atoms with Gasteiger partial charge in [0.2, 0.25) is 0 Å². The Kier molecular flexibility index (Phi) is 5.96.